The normalized spacial score (nSPS) is 25.8. The fraction of sp³-hybridized carbons (Fsp3) is 0.632. The van der Waals surface area contributed by atoms with E-state index >= 15 is 0 Å². The Morgan fingerprint density at radius 1 is 1.19 bits per heavy atom. The summed E-state index contributed by atoms with van der Waals surface area (Å²) in [6.45, 7) is 5.08. The maximum absolute atomic E-state index is 12.9. The number of pyridine rings is 1. The topological polar surface area (TPSA) is 104 Å². The van der Waals surface area contributed by atoms with Gasteiger partial charge < -0.3 is 25.2 Å². The first-order valence-corrected chi connectivity index (χ1v) is 9.69. The Hall–Kier alpha value is -2.35. The molecule has 0 aliphatic carbocycles. The van der Waals surface area contributed by atoms with Crippen LogP contribution in [-0.2, 0) is 11.3 Å². The third kappa shape index (κ3) is 3.34. The SMILES string of the molecule is CCCNC(=O)[C@H]1[C@H](CO)[C@H]2Cn3c(cccc3=O)[C@@H]1N2C(=O)NCCC. The molecular weight excluding hydrogens is 348 g/mol. The van der Waals surface area contributed by atoms with Crippen LogP contribution < -0.4 is 16.2 Å². The van der Waals surface area contributed by atoms with Crippen LogP contribution in [0.1, 0.15) is 38.4 Å². The van der Waals surface area contributed by atoms with E-state index in [1.165, 1.54) is 6.07 Å². The van der Waals surface area contributed by atoms with E-state index in [2.05, 4.69) is 10.6 Å². The van der Waals surface area contributed by atoms with Crippen molar-refractivity contribution < 1.29 is 14.7 Å². The molecule has 1 saturated heterocycles. The number of rotatable bonds is 6. The van der Waals surface area contributed by atoms with Crippen LogP contribution in [0.4, 0.5) is 4.79 Å². The van der Waals surface area contributed by atoms with Crippen molar-refractivity contribution in [1.82, 2.24) is 20.1 Å². The summed E-state index contributed by atoms with van der Waals surface area (Å²) in [5.74, 6) is -1.19. The lowest BCUT2D eigenvalue weighted by atomic mass is 9.86. The monoisotopic (exact) mass is 376 g/mol. The average molecular weight is 376 g/mol. The van der Waals surface area contributed by atoms with Crippen LogP contribution in [0.5, 0.6) is 0 Å². The number of nitrogens with one attached hydrogen (secondary N) is 2. The van der Waals surface area contributed by atoms with E-state index in [0.717, 1.165) is 12.8 Å². The second-order valence-corrected chi connectivity index (χ2v) is 7.21. The van der Waals surface area contributed by atoms with Gasteiger partial charge >= 0.3 is 6.03 Å². The van der Waals surface area contributed by atoms with Gasteiger partial charge in [-0.05, 0) is 18.9 Å². The molecule has 2 aliphatic heterocycles. The van der Waals surface area contributed by atoms with Gasteiger partial charge in [0.1, 0.15) is 0 Å². The molecule has 148 valence electrons. The second kappa shape index (κ2) is 8.12. The van der Waals surface area contributed by atoms with Gasteiger partial charge in [-0.15, -0.1) is 0 Å². The van der Waals surface area contributed by atoms with Crippen molar-refractivity contribution in [3.63, 3.8) is 0 Å². The van der Waals surface area contributed by atoms with E-state index < -0.39 is 23.9 Å². The number of carbonyl (C=O) groups excluding carboxylic acids is 2. The standard InChI is InChI=1S/C19H28N4O4/c1-3-8-20-18(26)16-12(11-24)14-10-22-13(6-5-7-15(22)25)17(16)23(14)19(27)21-9-4-2/h5-7,12,14,16-17,24H,3-4,8-11H2,1-2H3,(H,20,26)(H,21,27)/t12-,14-,16+,17+/m1/s1. The van der Waals surface area contributed by atoms with Crippen LogP contribution in [0.2, 0.25) is 0 Å². The lowest BCUT2D eigenvalue weighted by Crippen LogP contribution is -2.52. The van der Waals surface area contributed by atoms with Crippen molar-refractivity contribution in [3.05, 3.63) is 34.2 Å². The quantitative estimate of drug-likeness (QED) is 0.671. The highest BCUT2D eigenvalue weighted by atomic mass is 16.3. The number of hydrogen-bond donors (Lipinski definition) is 3. The maximum atomic E-state index is 12.9. The van der Waals surface area contributed by atoms with Crippen LogP contribution in [0.25, 0.3) is 0 Å². The first kappa shape index (κ1) is 19.4. The van der Waals surface area contributed by atoms with Gasteiger partial charge in [-0.1, -0.05) is 19.9 Å². The first-order valence-electron chi connectivity index (χ1n) is 9.69. The van der Waals surface area contributed by atoms with E-state index in [9.17, 15) is 19.5 Å². The Balaban J connectivity index is 2.05. The highest BCUT2D eigenvalue weighted by Gasteiger charge is 2.57. The molecule has 0 aromatic carbocycles. The van der Waals surface area contributed by atoms with Crippen LogP contribution in [0.15, 0.2) is 23.0 Å². The van der Waals surface area contributed by atoms with Gasteiger partial charge in [0.05, 0.1) is 18.0 Å². The van der Waals surface area contributed by atoms with Crippen molar-refractivity contribution in [1.29, 1.82) is 0 Å². The number of aromatic nitrogens is 1. The molecule has 0 radical (unpaired) electrons. The zero-order valence-corrected chi connectivity index (χ0v) is 15.9. The number of amides is 3. The van der Waals surface area contributed by atoms with Crippen molar-refractivity contribution in [2.45, 2.75) is 45.3 Å². The smallest absolute Gasteiger partial charge is 0.318 e. The predicted molar refractivity (Wildman–Crippen MR) is 100 cm³/mol. The van der Waals surface area contributed by atoms with Crippen LogP contribution in [-0.4, -0.2) is 52.3 Å². The number of nitrogens with zero attached hydrogens (tertiary/aromatic N) is 2. The van der Waals surface area contributed by atoms with E-state index in [-0.39, 0.29) is 30.6 Å². The molecule has 0 spiro atoms. The minimum Gasteiger partial charge on any atom is -0.396 e. The van der Waals surface area contributed by atoms with Crippen LogP contribution in [0, 0.1) is 11.8 Å². The van der Waals surface area contributed by atoms with Gasteiger partial charge in [-0.25, -0.2) is 4.79 Å². The van der Waals surface area contributed by atoms with Gasteiger partial charge in [-0.2, -0.15) is 0 Å². The van der Waals surface area contributed by atoms with Crippen molar-refractivity contribution >= 4 is 11.9 Å². The first-order chi connectivity index (χ1) is 13.0. The fourth-order valence-electron chi connectivity index (χ4n) is 4.33. The highest BCUT2D eigenvalue weighted by Crippen LogP contribution is 2.48. The minimum atomic E-state index is -0.588. The molecule has 3 rings (SSSR count). The highest BCUT2D eigenvalue weighted by molar-refractivity contribution is 5.83. The molecule has 4 atom stereocenters. The zero-order valence-electron chi connectivity index (χ0n) is 15.9. The van der Waals surface area contributed by atoms with Gasteiger partial charge in [0.2, 0.25) is 5.91 Å². The molecular formula is C19H28N4O4. The third-order valence-electron chi connectivity index (χ3n) is 5.53. The second-order valence-electron chi connectivity index (χ2n) is 7.21. The van der Waals surface area contributed by atoms with Gasteiger partial charge in [-0.3, -0.25) is 9.59 Å². The van der Waals surface area contributed by atoms with Gasteiger partial charge in [0, 0.05) is 43.9 Å². The lowest BCUT2D eigenvalue weighted by Gasteiger charge is -2.38. The van der Waals surface area contributed by atoms with Crippen molar-refractivity contribution in [2.75, 3.05) is 19.7 Å². The number of urea groups is 1. The summed E-state index contributed by atoms with van der Waals surface area (Å²) < 4.78 is 1.63. The van der Waals surface area contributed by atoms with E-state index in [4.69, 9.17) is 0 Å². The lowest BCUT2D eigenvalue weighted by molar-refractivity contribution is -0.127. The summed E-state index contributed by atoms with van der Waals surface area (Å²) >= 11 is 0. The number of carbonyl (C=O) groups is 2. The molecule has 3 heterocycles. The molecule has 1 fully saturated rings. The molecule has 27 heavy (non-hydrogen) atoms. The minimum absolute atomic E-state index is 0.151. The largest absolute Gasteiger partial charge is 0.396 e. The summed E-state index contributed by atoms with van der Waals surface area (Å²) in [7, 11) is 0. The zero-order chi connectivity index (χ0) is 19.6. The third-order valence-corrected chi connectivity index (χ3v) is 5.53. The summed E-state index contributed by atoms with van der Waals surface area (Å²) in [5.41, 5.74) is 0.500. The molecule has 1 aromatic heterocycles. The van der Waals surface area contributed by atoms with Crippen molar-refractivity contribution in [3.8, 4) is 0 Å². The Morgan fingerprint density at radius 2 is 1.89 bits per heavy atom. The molecule has 8 heteroatoms. The Labute approximate surface area is 158 Å². The molecule has 2 bridgehead atoms. The number of aliphatic hydroxyl groups excluding tert-OH is 1. The van der Waals surface area contributed by atoms with Gasteiger partial charge in [0.25, 0.3) is 5.56 Å². The van der Waals surface area contributed by atoms with Crippen LogP contribution in [0.3, 0.4) is 0 Å². The summed E-state index contributed by atoms with van der Waals surface area (Å²) in [6.07, 6.45) is 1.60. The molecule has 3 N–H and O–H groups in total. The average Bonchev–Trinajstić information content (AvgIpc) is 2.91. The predicted octanol–water partition coefficient (Wildman–Crippen LogP) is 0.458. The molecule has 0 saturated carbocycles. The summed E-state index contributed by atoms with van der Waals surface area (Å²) in [5, 5.41) is 15.8. The maximum Gasteiger partial charge on any atom is 0.318 e. The Bertz CT molecular complexity index is 762. The molecule has 8 nitrogen and oxygen atoms in total. The Kier molecular flexibility index (Phi) is 5.84. The summed E-state index contributed by atoms with van der Waals surface area (Å²) in [4.78, 5) is 39.8. The molecule has 2 aliphatic rings. The number of fused-ring (bicyclic) bond motifs is 4. The van der Waals surface area contributed by atoms with Gasteiger partial charge in [0.15, 0.2) is 0 Å². The van der Waals surface area contributed by atoms with E-state index in [1.54, 1.807) is 21.6 Å². The number of aliphatic hydroxyl groups is 1. The van der Waals surface area contributed by atoms with E-state index in [1.807, 2.05) is 13.8 Å². The summed E-state index contributed by atoms with van der Waals surface area (Å²) in [6, 6.07) is 3.71. The van der Waals surface area contributed by atoms with E-state index in [0.29, 0.717) is 18.8 Å². The molecule has 0 unspecified atom stereocenters. The molecule has 3 amide bonds. The van der Waals surface area contributed by atoms with Crippen LogP contribution >= 0.6 is 0 Å². The van der Waals surface area contributed by atoms with Crippen molar-refractivity contribution in [2.24, 2.45) is 11.8 Å². The Morgan fingerprint density at radius 3 is 2.56 bits per heavy atom. The number of hydrogen-bond acceptors (Lipinski definition) is 4. The fourth-order valence-corrected chi connectivity index (χ4v) is 4.33. The molecule has 1 aromatic rings.